The first-order valence-electron chi connectivity index (χ1n) is 8.04. The van der Waals surface area contributed by atoms with E-state index >= 15 is 0 Å². The molecule has 0 amide bonds. The van der Waals surface area contributed by atoms with Gasteiger partial charge in [-0.15, -0.1) is 0 Å². The van der Waals surface area contributed by atoms with Crippen LogP contribution in [0, 0.1) is 0 Å². The van der Waals surface area contributed by atoms with E-state index in [1.54, 1.807) is 0 Å². The van der Waals surface area contributed by atoms with Crippen molar-refractivity contribution in [3.8, 4) is 0 Å². The molecule has 0 N–H and O–H groups in total. The lowest BCUT2D eigenvalue weighted by Gasteiger charge is -2.19. The Morgan fingerprint density at radius 2 is 1.48 bits per heavy atom. The van der Waals surface area contributed by atoms with Crippen LogP contribution in [0.15, 0.2) is 71.9 Å². The Hall–Kier alpha value is -2.93. The molecule has 0 saturated heterocycles. The summed E-state index contributed by atoms with van der Waals surface area (Å²) in [7, 11) is 0. The molecule has 1 aliphatic heterocycles. The number of aliphatic imine (C=N–C) groups is 1. The average Bonchev–Trinajstić information content (AvgIpc) is 3.06. The van der Waals surface area contributed by atoms with E-state index in [2.05, 4.69) is 65.7 Å². The van der Waals surface area contributed by atoms with Crippen molar-refractivity contribution in [2.75, 3.05) is 0 Å². The topological polar surface area (TPSA) is 12.4 Å². The predicted octanol–water partition coefficient (Wildman–Crippen LogP) is 4.54. The maximum absolute atomic E-state index is 4.61. The average molecular weight is 291 g/mol. The van der Waals surface area contributed by atoms with Gasteiger partial charge in [-0.25, -0.2) is 0 Å². The molecule has 0 spiro atoms. The van der Waals surface area contributed by atoms with Gasteiger partial charge in [0.05, 0.1) is 5.71 Å². The second-order valence-electron chi connectivity index (χ2n) is 6.41. The SMILES string of the molecule is C1=CC2=c3c4cccc5cccc(c6cccc(c36)CC2=N1)c54. The molecular formula is C22H13N. The van der Waals surface area contributed by atoms with Crippen LogP contribution in [0.25, 0.3) is 37.9 Å². The minimum atomic E-state index is 0.938. The van der Waals surface area contributed by atoms with Gasteiger partial charge in [-0.05, 0) is 49.2 Å². The third kappa shape index (κ3) is 1.31. The number of nitrogens with zero attached hydrogens (tertiary/aromatic N) is 1. The zero-order chi connectivity index (χ0) is 15.0. The normalized spacial score (nSPS) is 15.7. The fourth-order valence-corrected chi connectivity index (χ4v) is 4.37. The van der Waals surface area contributed by atoms with Gasteiger partial charge in [0.2, 0.25) is 0 Å². The number of rotatable bonds is 0. The zero-order valence-electron chi connectivity index (χ0n) is 12.5. The van der Waals surface area contributed by atoms with Crippen molar-refractivity contribution in [2.24, 2.45) is 4.99 Å². The van der Waals surface area contributed by atoms with Gasteiger partial charge in [0.25, 0.3) is 0 Å². The fourth-order valence-electron chi connectivity index (χ4n) is 4.37. The van der Waals surface area contributed by atoms with Gasteiger partial charge in [-0.1, -0.05) is 54.6 Å². The summed E-state index contributed by atoms with van der Waals surface area (Å²) in [5.41, 5.74) is 3.92. The second-order valence-corrected chi connectivity index (χ2v) is 6.41. The molecule has 1 aliphatic carbocycles. The highest BCUT2D eigenvalue weighted by molar-refractivity contribution is 6.32. The maximum Gasteiger partial charge on any atom is 0.0526 e. The van der Waals surface area contributed by atoms with Crippen LogP contribution in [0.2, 0.25) is 0 Å². The van der Waals surface area contributed by atoms with Gasteiger partial charge in [0.15, 0.2) is 0 Å². The van der Waals surface area contributed by atoms with Crippen molar-refractivity contribution in [3.05, 3.63) is 77.7 Å². The van der Waals surface area contributed by atoms with Crippen molar-refractivity contribution in [1.82, 2.24) is 0 Å². The summed E-state index contributed by atoms with van der Waals surface area (Å²) in [5.74, 6) is 0. The largest absolute Gasteiger partial charge is 0.260 e. The molecule has 1 heteroatoms. The van der Waals surface area contributed by atoms with Crippen LogP contribution in [0.4, 0.5) is 0 Å². The van der Waals surface area contributed by atoms with Crippen molar-refractivity contribution >= 4 is 43.6 Å². The first-order valence-corrected chi connectivity index (χ1v) is 8.04. The molecule has 0 aromatic heterocycles. The lowest BCUT2D eigenvalue weighted by Crippen LogP contribution is -2.21. The van der Waals surface area contributed by atoms with Gasteiger partial charge in [-0.2, -0.15) is 0 Å². The summed E-state index contributed by atoms with van der Waals surface area (Å²) in [6.45, 7) is 0. The minimum absolute atomic E-state index is 0.938. The molecule has 1 nitrogen and oxygen atoms in total. The molecule has 4 aromatic carbocycles. The monoisotopic (exact) mass is 291 g/mol. The molecule has 0 fully saturated rings. The quantitative estimate of drug-likeness (QED) is 0.333. The smallest absolute Gasteiger partial charge is 0.0526 e. The Morgan fingerprint density at radius 3 is 2.35 bits per heavy atom. The van der Waals surface area contributed by atoms with Crippen LogP contribution >= 0.6 is 0 Å². The number of hydrogen-bond donors (Lipinski definition) is 0. The van der Waals surface area contributed by atoms with Gasteiger partial charge >= 0.3 is 0 Å². The van der Waals surface area contributed by atoms with E-state index in [1.807, 2.05) is 6.20 Å². The highest BCUT2D eigenvalue weighted by Gasteiger charge is 2.22. The van der Waals surface area contributed by atoms with E-state index < -0.39 is 0 Å². The Kier molecular flexibility index (Phi) is 1.96. The summed E-state index contributed by atoms with van der Waals surface area (Å²) in [5, 5.41) is 9.57. The Labute approximate surface area is 133 Å². The standard InChI is InChI=1S/C22H13N/c1-4-13-5-2-9-18-20(13)15(7-1)16-8-3-6-14-12-19-17(10-11-23-19)22(18)21(14)16/h1-11H,12H2. The second kappa shape index (κ2) is 3.88. The number of allylic oxidation sites excluding steroid dienone is 1. The lowest BCUT2D eigenvalue weighted by molar-refractivity contribution is 1.34. The molecule has 0 radical (unpaired) electrons. The van der Waals surface area contributed by atoms with E-state index in [4.69, 9.17) is 0 Å². The zero-order valence-corrected chi connectivity index (χ0v) is 12.5. The molecule has 0 atom stereocenters. The van der Waals surface area contributed by atoms with Crippen molar-refractivity contribution < 1.29 is 0 Å². The third-order valence-corrected chi connectivity index (χ3v) is 5.27. The predicted molar refractivity (Wildman–Crippen MR) is 97.9 cm³/mol. The number of fused-ring (bicyclic) bond motifs is 3. The van der Waals surface area contributed by atoms with E-state index in [-0.39, 0.29) is 0 Å². The Bertz CT molecular complexity index is 1270. The molecular weight excluding hydrogens is 278 g/mol. The molecule has 0 bridgehead atoms. The van der Waals surface area contributed by atoms with Crippen molar-refractivity contribution in [2.45, 2.75) is 6.42 Å². The van der Waals surface area contributed by atoms with Crippen LogP contribution in [-0.4, -0.2) is 5.71 Å². The molecule has 2 aliphatic rings. The molecule has 6 rings (SSSR count). The van der Waals surface area contributed by atoms with Crippen LogP contribution < -0.4 is 5.22 Å². The highest BCUT2D eigenvalue weighted by Crippen LogP contribution is 2.35. The first kappa shape index (κ1) is 11.6. The van der Waals surface area contributed by atoms with Gasteiger partial charge in [0, 0.05) is 18.2 Å². The van der Waals surface area contributed by atoms with Gasteiger partial charge < -0.3 is 0 Å². The molecule has 23 heavy (non-hydrogen) atoms. The minimum Gasteiger partial charge on any atom is -0.260 e. The maximum atomic E-state index is 4.61. The summed E-state index contributed by atoms with van der Waals surface area (Å²) in [6.07, 6.45) is 5.06. The Morgan fingerprint density at radius 1 is 0.739 bits per heavy atom. The highest BCUT2D eigenvalue weighted by atomic mass is 14.7. The van der Waals surface area contributed by atoms with E-state index in [1.165, 1.54) is 54.4 Å². The molecule has 106 valence electrons. The fraction of sp³-hybridized carbons (Fsp3) is 0.0455. The van der Waals surface area contributed by atoms with E-state index in [9.17, 15) is 0 Å². The molecule has 4 aromatic rings. The lowest BCUT2D eigenvalue weighted by atomic mass is 9.84. The summed E-state index contributed by atoms with van der Waals surface area (Å²) >= 11 is 0. The number of benzene rings is 4. The van der Waals surface area contributed by atoms with Crippen LogP contribution in [0.3, 0.4) is 0 Å². The van der Waals surface area contributed by atoms with Crippen molar-refractivity contribution in [3.63, 3.8) is 0 Å². The third-order valence-electron chi connectivity index (χ3n) is 5.27. The van der Waals surface area contributed by atoms with Gasteiger partial charge in [-0.3, -0.25) is 4.99 Å². The number of hydrogen-bond acceptors (Lipinski definition) is 1. The Balaban J connectivity index is 2.11. The summed E-state index contributed by atoms with van der Waals surface area (Å²) in [4.78, 5) is 4.61. The van der Waals surface area contributed by atoms with Crippen LogP contribution in [0.1, 0.15) is 5.56 Å². The first-order chi connectivity index (χ1) is 11.4. The van der Waals surface area contributed by atoms with Gasteiger partial charge in [0.1, 0.15) is 0 Å². The molecule has 0 unspecified atom stereocenters. The summed E-state index contributed by atoms with van der Waals surface area (Å²) < 4.78 is 0. The van der Waals surface area contributed by atoms with E-state index in [0.29, 0.717) is 0 Å². The summed E-state index contributed by atoms with van der Waals surface area (Å²) in [6, 6.07) is 20.0. The molecule has 1 heterocycles. The van der Waals surface area contributed by atoms with Crippen molar-refractivity contribution in [1.29, 1.82) is 0 Å². The van der Waals surface area contributed by atoms with E-state index in [0.717, 1.165) is 6.42 Å². The molecule has 0 saturated carbocycles. The van der Waals surface area contributed by atoms with Crippen LogP contribution in [0.5, 0.6) is 0 Å². The van der Waals surface area contributed by atoms with Crippen LogP contribution in [-0.2, 0) is 6.42 Å².